The third-order valence-corrected chi connectivity index (χ3v) is 4.04. The second-order valence-electron chi connectivity index (χ2n) is 3.93. The van der Waals surface area contributed by atoms with Crippen LogP contribution in [0.5, 0.6) is 0 Å². The Morgan fingerprint density at radius 3 is 2.53 bits per heavy atom. The van der Waals surface area contributed by atoms with Gasteiger partial charge in [-0.1, -0.05) is 18.2 Å². The van der Waals surface area contributed by atoms with Crippen LogP contribution in [0.4, 0.5) is 0 Å². The first-order chi connectivity index (χ1) is 8.27. The molecule has 1 aliphatic rings. The van der Waals surface area contributed by atoms with Gasteiger partial charge < -0.3 is 10.2 Å². The highest BCUT2D eigenvalue weighted by atomic mass is 32.2. The Morgan fingerprint density at radius 1 is 1.24 bits per heavy atom. The van der Waals surface area contributed by atoms with E-state index in [0.29, 0.717) is 13.1 Å². The van der Waals surface area contributed by atoms with Gasteiger partial charge in [0.05, 0.1) is 10.8 Å². The van der Waals surface area contributed by atoms with Crippen LogP contribution in [-0.2, 0) is 15.6 Å². The van der Waals surface area contributed by atoms with E-state index >= 15 is 0 Å². The SMILES string of the molecule is O=C(CS(=O)c1ccccc1)N1CCNCC1. The average Bonchev–Trinajstić information content (AvgIpc) is 2.40. The maximum Gasteiger partial charge on any atom is 0.235 e. The molecule has 0 spiro atoms. The fraction of sp³-hybridized carbons (Fsp3) is 0.417. The van der Waals surface area contributed by atoms with Crippen LogP contribution < -0.4 is 5.32 Å². The zero-order chi connectivity index (χ0) is 12.1. The van der Waals surface area contributed by atoms with Crippen molar-refractivity contribution in [2.45, 2.75) is 4.90 Å². The van der Waals surface area contributed by atoms with E-state index in [4.69, 9.17) is 0 Å². The summed E-state index contributed by atoms with van der Waals surface area (Å²) >= 11 is 0. The first kappa shape index (κ1) is 12.3. The number of nitrogens with one attached hydrogen (secondary N) is 1. The minimum Gasteiger partial charge on any atom is -0.339 e. The highest BCUT2D eigenvalue weighted by Gasteiger charge is 2.18. The lowest BCUT2D eigenvalue weighted by Gasteiger charge is -2.27. The zero-order valence-electron chi connectivity index (χ0n) is 9.59. The molecule has 0 bridgehead atoms. The molecule has 2 rings (SSSR count). The van der Waals surface area contributed by atoms with Crippen LogP contribution in [0.15, 0.2) is 35.2 Å². The van der Waals surface area contributed by atoms with Crippen LogP contribution in [0, 0.1) is 0 Å². The first-order valence-corrected chi connectivity index (χ1v) is 7.01. The Morgan fingerprint density at radius 2 is 1.88 bits per heavy atom. The monoisotopic (exact) mass is 252 g/mol. The molecule has 1 saturated heterocycles. The number of nitrogens with zero attached hydrogens (tertiary/aromatic N) is 1. The summed E-state index contributed by atoms with van der Waals surface area (Å²) in [6.07, 6.45) is 0. The fourth-order valence-corrected chi connectivity index (χ4v) is 2.81. The van der Waals surface area contributed by atoms with Crippen LogP contribution in [0.3, 0.4) is 0 Å². The summed E-state index contributed by atoms with van der Waals surface area (Å²) in [5, 5.41) is 3.18. The number of rotatable bonds is 3. The predicted octanol–water partition coefficient (Wildman–Crippen LogP) is 0.226. The summed E-state index contributed by atoms with van der Waals surface area (Å²) in [7, 11) is -1.23. The second-order valence-corrected chi connectivity index (χ2v) is 5.38. The minimum absolute atomic E-state index is 0.0197. The lowest BCUT2D eigenvalue weighted by molar-refractivity contribution is -0.128. The van der Waals surface area contributed by atoms with Gasteiger partial charge in [0.15, 0.2) is 0 Å². The van der Waals surface area contributed by atoms with Gasteiger partial charge in [-0.3, -0.25) is 9.00 Å². The molecular weight excluding hydrogens is 236 g/mol. The van der Waals surface area contributed by atoms with Crippen LogP contribution in [0.1, 0.15) is 0 Å². The van der Waals surface area contributed by atoms with Crippen molar-refractivity contribution in [1.29, 1.82) is 0 Å². The van der Waals surface area contributed by atoms with Gasteiger partial charge in [-0.2, -0.15) is 0 Å². The molecule has 92 valence electrons. The number of amides is 1. The van der Waals surface area contributed by atoms with Crippen LogP contribution in [0.2, 0.25) is 0 Å². The van der Waals surface area contributed by atoms with E-state index in [1.165, 1.54) is 0 Å². The Balaban J connectivity index is 1.92. The van der Waals surface area contributed by atoms with Crippen molar-refractivity contribution < 1.29 is 9.00 Å². The zero-order valence-corrected chi connectivity index (χ0v) is 10.4. The van der Waals surface area contributed by atoms with E-state index in [0.717, 1.165) is 18.0 Å². The molecule has 1 unspecified atom stereocenters. The van der Waals surface area contributed by atoms with E-state index in [2.05, 4.69) is 5.32 Å². The van der Waals surface area contributed by atoms with Gasteiger partial charge in [-0.25, -0.2) is 0 Å². The molecule has 0 radical (unpaired) electrons. The number of carbonyl (C=O) groups excluding carboxylic acids is 1. The summed E-state index contributed by atoms with van der Waals surface area (Å²) in [6.45, 7) is 3.07. The molecule has 1 amide bonds. The Hall–Kier alpha value is -1.20. The number of piperazine rings is 1. The van der Waals surface area contributed by atoms with Crippen molar-refractivity contribution in [3.63, 3.8) is 0 Å². The predicted molar refractivity (Wildman–Crippen MR) is 67.2 cm³/mol. The highest BCUT2D eigenvalue weighted by Crippen LogP contribution is 2.06. The molecule has 1 heterocycles. The van der Waals surface area contributed by atoms with E-state index in [1.807, 2.05) is 18.2 Å². The van der Waals surface area contributed by atoms with Gasteiger partial charge in [0.25, 0.3) is 0 Å². The topological polar surface area (TPSA) is 49.4 Å². The molecule has 1 fully saturated rings. The minimum atomic E-state index is -1.23. The molecule has 0 saturated carbocycles. The van der Waals surface area contributed by atoms with Gasteiger partial charge in [-0.05, 0) is 12.1 Å². The van der Waals surface area contributed by atoms with Crippen molar-refractivity contribution in [3.8, 4) is 0 Å². The summed E-state index contributed by atoms with van der Waals surface area (Å²) in [5.74, 6) is 0.0676. The molecule has 1 aromatic carbocycles. The third kappa shape index (κ3) is 3.38. The van der Waals surface area contributed by atoms with Gasteiger partial charge in [0.2, 0.25) is 5.91 Å². The van der Waals surface area contributed by atoms with Crippen LogP contribution >= 0.6 is 0 Å². The standard InChI is InChI=1S/C12H16N2O2S/c15-12(14-8-6-13-7-9-14)10-17(16)11-4-2-1-3-5-11/h1-5,13H,6-10H2. The third-order valence-electron chi connectivity index (χ3n) is 2.73. The second kappa shape index (κ2) is 5.93. The van der Waals surface area contributed by atoms with Crippen molar-refractivity contribution in [3.05, 3.63) is 30.3 Å². The van der Waals surface area contributed by atoms with Crippen LogP contribution in [0.25, 0.3) is 0 Å². The Kier molecular flexibility index (Phi) is 4.28. The molecule has 1 aromatic rings. The van der Waals surface area contributed by atoms with Crippen molar-refractivity contribution >= 4 is 16.7 Å². The normalized spacial score (nSPS) is 17.8. The number of carbonyl (C=O) groups is 1. The van der Waals surface area contributed by atoms with E-state index < -0.39 is 10.8 Å². The number of hydrogen-bond acceptors (Lipinski definition) is 3. The lowest BCUT2D eigenvalue weighted by atomic mass is 10.3. The van der Waals surface area contributed by atoms with Gasteiger partial charge in [-0.15, -0.1) is 0 Å². The Bertz CT molecular complexity index is 402. The largest absolute Gasteiger partial charge is 0.339 e. The van der Waals surface area contributed by atoms with Gasteiger partial charge in [0, 0.05) is 31.1 Å². The molecule has 0 aromatic heterocycles. The van der Waals surface area contributed by atoms with E-state index in [-0.39, 0.29) is 11.7 Å². The average molecular weight is 252 g/mol. The number of benzene rings is 1. The maximum atomic E-state index is 11.9. The number of hydrogen-bond donors (Lipinski definition) is 1. The fourth-order valence-electron chi connectivity index (χ4n) is 1.77. The van der Waals surface area contributed by atoms with Gasteiger partial charge in [0.1, 0.15) is 5.75 Å². The van der Waals surface area contributed by atoms with Crippen LogP contribution in [-0.4, -0.2) is 46.9 Å². The summed E-state index contributed by atoms with van der Waals surface area (Å²) in [4.78, 5) is 14.4. The molecular formula is C12H16N2O2S. The van der Waals surface area contributed by atoms with Crippen molar-refractivity contribution in [2.24, 2.45) is 0 Å². The summed E-state index contributed by atoms with van der Waals surface area (Å²) in [5.41, 5.74) is 0. The highest BCUT2D eigenvalue weighted by molar-refractivity contribution is 7.85. The summed E-state index contributed by atoms with van der Waals surface area (Å²) < 4.78 is 11.9. The van der Waals surface area contributed by atoms with Gasteiger partial charge >= 0.3 is 0 Å². The molecule has 4 nitrogen and oxygen atoms in total. The van der Waals surface area contributed by atoms with E-state index in [1.54, 1.807) is 17.0 Å². The smallest absolute Gasteiger partial charge is 0.235 e. The first-order valence-electron chi connectivity index (χ1n) is 5.69. The maximum absolute atomic E-state index is 11.9. The molecule has 0 aliphatic carbocycles. The Labute approximate surface area is 103 Å². The van der Waals surface area contributed by atoms with E-state index in [9.17, 15) is 9.00 Å². The summed E-state index contributed by atoms with van der Waals surface area (Å²) in [6, 6.07) is 9.13. The molecule has 1 aliphatic heterocycles. The van der Waals surface area contributed by atoms with Crippen molar-refractivity contribution in [2.75, 3.05) is 31.9 Å². The molecule has 5 heteroatoms. The molecule has 1 atom stereocenters. The molecule has 17 heavy (non-hydrogen) atoms. The van der Waals surface area contributed by atoms with Crippen molar-refractivity contribution in [1.82, 2.24) is 10.2 Å². The quantitative estimate of drug-likeness (QED) is 0.837. The lowest BCUT2D eigenvalue weighted by Crippen LogP contribution is -2.47. The molecule has 1 N–H and O–H groups in total.